The zero-order valence-electron chi connectivity index (χ0n) is 16.9. The van der Waals surface area contributed by atoms with E-state index in [0.29, 0.717) is 22.4 Å². The van der Waals surface area contributed by atoms with Gasteiger partial charge < -0.3 is 14.0 Å². The standard InChI is InChI=1S/C23H20BrFN4O2/c1-28-13-17(23-26-22(27-31-23)14-5-7-15(24)8-6-14)21(30)16-11-18(25)20(12-19(16)28)29-9-3-2-4-10-29/h5-8,11-13H,2-4,9-10H2,1H3. The van der Waals surface area contributed by atoms with Crippen molar-refractivity contribution in [2.75, 3.05) is 18.0 Å². The van der Waals surface area contributed by atoms with Crippen molar-refractivity contribution < 1.29 is 8.91 Å². The molecule has 31 heavy (non-hydrogen) atoms. The Kier molecular flexibility index (Phi) is 5.09. The average molecular weight is 483 g/mol. The lowest BCUT2D eigenvalue weighted by Gasteiger charge is -2.29. The first kappa shape index (κ1) is 19.9. The van der Waals surface area contributed by atoms with Crippen LogP contribution in [0.25, 0.3) is 33.7 Å². The number of aryl methyl sites for hydroxylation is 1. The summed E-state index contributed by atoms with van der Waals surface area (Å²) < 4.78 is 23.1. The van der Waals surface area contributed by atoms with E-state index in [4.69, 9.17) is 4.52 Å². The molecule has 0 saturated carbocycles. The van der Waals surface area contributed by atoms with Gasteiger partial charge in [-0.3, -0.25) is 4.79 Å². The molecular weight excluding hydrogens is 463 g/mol. The minimum Gasteiger partial charge on any atom is -0.369 e. The van der Waals surface area contributed by atoms with Crippen LogP contribution in [0.5, 0.6) is 0 Å². The maximum Gasteiger partial charge on any atom is 0.263 e. The number of benzene rings is 2. The summed E-state index contributed by atoms with van der Waals surface area (Å²) in [5, 5.41) is 4.30. The molecule has 5 rings (SSSR count). The van der Waals surface area contributed by atoms with Crippen LogP contribution in [0.15, 0.2) is 56.4 Å². The molecule has 1 aliphatic heterocycles. The highest BCUT2D eigenvalue weighted by atomic mass is 79.9. The Morgan fingerprint density at radius 1 is 1.10 bits per heavy atom. The van der Waals surface area contributed by atoms with E-state index in [9.17, 15) is 9.18 Å². The lowest BCUT2D eigenvalue weighted by atomic mass is 10.1. The van der Waals surface area contributed by atoms with Crippen molar-refractivity contribution in [1.82, 2.24) is 14.7 Å². The minimum atomic E-state index is -0.385. The van der Waals surface area contributed by atoms with E-state index in [1.54, 1.807) is 12.3 Å². The predicted octanol–water partition coefficient (Wildman–Crippen LogP) is 5.15. The van der Waals surface area contributed by atoms with Gasteiger partial charge in [0.05, 0.1) is 11.2 Å². The molecule has 0 unspecified atom stereocenters. The molecule has 0 radical (unpaired) electrons. The maximum atomic E-state index is 15.0. The Morgan fingerprint density at radius 3 is 2.58 bits per heavy atom. The van der Waals surface area contributed by atoms with E-state index < -0.39 is 0 Å². The van der Waals surface area contributed by atoms with Crippen LogP contribution in [0.4, 0.5) is 10.1 Å². The Labute approximate surface area is 186 Å². The van der Waals surface area contributed by atoms with Crippen LogP contribution in [0.1, 0.15) is 19.3 Å². The Balaban J connectivity index is 1.58. The molecule has 158 valence electrons. The largest absolute Gasteiger partial charge is 0.369 e. The average Bonchev–Trinajstić information content (AvgIpc) is 3.27. The molecule has 0 spiro atoms. The first-order chi connectivity index (χ1) is 15.0. The summed E-state index contributed by atoms with van der Waals surface area (Å²) in [7, 11) is 1.83. The van der Waals surface area contributed by atoms with Gasteiger partial charge in [0.2, 0.25) is 11.3 Å². The van der Waals surface area contributed by atoms with Crippen LogP contribution in [0.3, 0.4) is 0 Å². The van der Waals surface area contributed by atoms with Crippen molar-refractivity contribution in [3.8, 4) is 22.8 Å². The van der Waals surface area contributed by atoms with Gasteiger partial charge in [-0.25, -0.2) is 4.39 Å². The highest BCUT2D eigenvalue weighted by Crippen LogP contribution is 2.29. The number of pyridine rings is 1. The van der Waals surface area contributed by atoms with Gasteiger partial charge in [0.25, 0.3) is 5.89 Å². The van der Waals surface area contributed by atoms with Crippen molar-refractivity contribution in [2.24, 2.45) is 7.05 Å². The molecule has 0 N–H and O–H groups in total. The number of hydrogen-bond donors (Lipinski definition) is 0. The number of anilines is 1. The third-order valence-corrected chi connectivity index (χ3v) is 6.24. The molecule has 0 amide bonds. The molecule has 0 aliphatic carbocycles. The van der Waals surface area contributed by atoms with Crippen LogP contribution in [-0.4, -0.2) is 27.8 Å². The van der Waals surface area contributed by atoms with Gasteiger partial charge >= 0.3 is 0 Å². The summed E-state index contributed by atoms with van der Waals surface area (Å²) in [5.41, 5.74) is 1.90. The summed E-state index contributed by atoms with van der Waals surface area (Å²) >= 11 is 3.39. The summed E-state index contributed by atoms with van der Waals surface area (Å²) in [4.78, 5) is 19.6. The number of aromatic nitrogens is 3. The molecule has 1 aliphatic rings. The summed E-state index contributed by atoms with van der Waals surface area (Å²) in [6.45, 7) is 1.66. The number of halogens is 2. The first-order valence-corrected chi connectivity index (χ1v) is 11.0. The minimum absolute atomic E-state index is 0.112. The molecule has 2 aromatic carbocycles. The normalized spacial score (nSPS) is 14.4. The molecule has 4 aromatic rings. The highest BCUT2D eigenvalue weighted by Gasteiger charge is 2.20. The van der Waals surface area contributed by atoms with Crippen LogP contribution < -0.4 is 10.3 Å². The SMILES string of the molecule is Cn1cc(-c2nc(-c3ccc(Br)cc3)no2)c(=O)c2cc(F)c(N3CCCCC3)cc21. The Morgan fingerprint density at radius 2 is 1.84 bits per heavy atom. The Bertz CT molecular complexity index is 1320. The number of rotatable bonds is 3. The fraction of sp³-hybridized carbons (Fsp3) is 0.261. The van der Waals surface area contributed by atoms with Crippen LogP contribution in [-0.2, 0) is 7.05 Å². The molecule has 0 bridgehead atoms. The van der Waals surface area contributed by atoms with E-state index in [0.717, 1.165) is 36.0 Å². The summed E-state index contributed by atoms with van der Waals surface area (Å²) in [6, 6.07) is 10.6. The van der Waals surface area contributed by atoms with Crippen LogP contribution in [0.2, 0.25) is 0 Å². The summed E-state index contributed by atoms with van der Waals surface area (Å²) in [6.07, 6.45) is 4.93. The maximum absolute atomic E-state index is 15.0. The quantitative estimate of drug-likeness (QED) is 0.404. The van der Waals surface area contributed by atoms with E-state index in [1.807, 2.05) is 35.9 Å². The molecule has 2 aromatic heterocycles. The first-order valence-electron chi connectivity index (χ1n) is 10.2. The number of nitrogens with zero attached hydrogens (tertiary/aromatic N) is 4. The summed E-state index contributed by atoms with van der Waals surface area (Å²) in [5.74, 6) is 0.113. The van der Waals surface area contributed by atoms with E-state index in [2.05, 4.69) is 31.0 Å². The smallest absolute Gasteiger partial charge is 0.263 e. The van der Waals surface area contributed by atoms with E-state index in [-0.39, 0.29) is 22.7 Å². The van der Waals surface area contributed by atoms with Gasteiger partial charge in [0, 0.05) is 41.8 Å². The second-order valence-corrected chi connectivity index (χ2v) is 8.70. The fourth-order valence-corrected chi connectivity index (χ4v) is 4.33. The molecular formula is C23H20BrFN4O2. The molecule has 1 saturated heterocycles. The van der Waals surface area contributed by atoms with Crippen molar-refractivity contribution in [3.63, 3.8) is 0 Å². The van der Waals surface area contributed by atoms with Crippen molar-refractivity contribution in [3.05, 3.63) is 63.1 Å². The van der Waals surface area contributed by atoms with Gasteiger partial charge in [-0.05, 0) is 55.7 Å². The zero-order valence-corrected chi connectivity index (χ0v) is 18.5. The van der Waals surface area contributed by atoms with Gasteiger partial charge in [-0.2, -0.15) is 4.98 Å². The van der Waals surface area contributed by atoms with Gasteiger partial charge in [0.1, 0.15) is 11.4 Å². The third-order valence-electron chi connectivity index (χ3n) is 5.71. The zero-order chi connectivity index (χ0) is 21.5. The van der Waals surface area contributed by atoms with Gasteiger partial charge in [-0.1, -0.05) is 21.1 Å². The van der Waals surface area contributed by atoms with Crippen molar-refractivity contribution >= 4 is 32.5 Å². The number of piperidine rings is 1. The van der Waals surface area contributed by atoms with Crippen LogP contribution >= 0.6 is 15.9 Å². The van der Waals surface area contributed by atoms with Crippen molar-refractivity contribution in [1.29, 1.82) is 0 Å². The fourth-order valence-electron chi connectivity index (χ4n) is 4.07. The second kappa shape index (κ2) is 7.92. The molecule has 0 atom stereocenters. The third kappa shape index (κ3) is 3.65. The predicted molar refractivity (Wildman–Crippen MR) is 122 cm³/mol. The second-order valence-electron chi connectivity index (χ2n) is 7.78. The molecule has 6 nitrogen and oxygen atoms in total. The van der Waals surface area contributed by atoms with E-state index in [1.165, 1.54) is 12.5 Å². The molecule has 3 heterocycles. The monoisotopic (exact) mass is 482 g/mol. The van der Waals surface area contributed by atoms with Gasteiger partial charge in [0.15, 0.2) is 0 Å². The number of fused-ring (bicyclic) bond motifs is 1. The topological polar surface area (TPSA) is 64.2 Å². The molecule has 8 heteroatoms. The lowest BCUT2D eigenvalue weighted by Crippen LogP contribution is -2.30. The highest BCUT2D eigenvalue weighted by molar-refractivity contribution is 9.10. The van der Waals surface area contributed by atoms with Gasteiger partial charge in [-0.15, -0.1) is 0 Å². The number of hydrogen-bond acceptors (Lipinski definition) is 5. The molecule has 1 fully saturated rings. The van der Waals surface area contributed by atoms with Crippen molar-refractivity contribution in [2.45, 2.75) is 19.3 Å². The Hall–Kier alpha value is -3.00. The van der Waals surface area contributed by atoms with Crippen LogP contribution in [0, 0.1) is 5.82 Å². The lowest BCUT2D eigenvalue weighted by molar-refractivity contribution is 0.432. The van der Waals surface area contributed by atoms with E-state index >= 15 is 0 Å².